The van der Waals surface area contributed by atoms with Gasteiger partial charge in [-0.2, -0.15) is 0 Å². The molecule has 0 spiro atoms. The van der Waals surface area contributed by atoms with Crippen LogP contribution < -0.4 is 5.73 Å². The second-order valence-corrected chi connectivity index (χ2v) is 3.46. The van der Waals surface area contributed by atoms with E-state index in [2.05, 4.69) is 13.0 Å². The lowest BCUT2D eigenvalue weighted by Crippen LogP contribution is -2.19. The molecule has 11 heavy (non-hydrogen) atoms. The molecule has 0 fully saturated rings. The molecule has 1 aliphatic rings. The van der Waals surface area contributed by atoms with Crippen LogP contribution in [-0.4, -0.2) is 6.04 Å². The van der Waals surface area contributed by atoms with E-state index in [0.717, 1.165) is 6.42 Å². The van der Waals surface area contributed by atoms with Gasteiger partial charge < -0.3 is 5.73 Å². The second kappa shape index (κ2) is 4.55. The molecule has 0 aromatic heterocycles. The topological polar surface area (TPSA) is 26.0 Å². The van der Waals surface area contributed by atoms with E-state index in [1.165, 1.54) is 32.1 Å². The first kappa shape index (κ1) is 8.79. The lowest BCUT2D eigenvalue weighted by atomic mass is 9.96. The first-order valence-corrected chi connectivity index (χ1v) is 4.76. The van der Waals surface area contributed by atoms with Crippen LogP contribution in [0.2, 0.25) is 0 Å². The summed E-state index contributed by atoms with van der Waals surface area (Å²) in [6.45, 7) is 2.24. The van der Waals surface area contributed by atoms with Gasteiger partial charge in [-0.1, -0.05) is 25.0 Å². The normalized spacial score (nSPS) is 31.8. The fourth-order valence-electron chi connectivity index (χ4n) is 1.62. The van der Waals surface area contributed by atoms with Crippen molar-refractivity contribution in [2.75, 3.05) is 0 Å². The minimum absolute atomic E-state index is 0.428. The van der Waals surface area contributed by atoms with E-state index < -0.39 is 0 Å². The molecule has 0 saturated carbocycles. The van der Waals surface area contributed by atoms with E-state index in [4.69, 9.17) is 5.73 Å². The molecule has 0 heterocycles. The van der Waals surface area contributed by atoms with Crippen molar-refractivity contribution in [3.05, 3.63) is 11.6 Å². The molecule has 1 rings (SSSR count). The van der Waals surface area contributed by atoms with Crippen LogP contribution in [-0.2, 0) is 0 Å². The molecule has 1 atom stereocenters. The highest BCUT2D eigenvalue weighted by molar-refractivity contribution is 5.03. The summed E-state index contributed by atoms with van der Waals surface area (Å²) in [7, 11) is 0. The van der Waals surface area contributed by atoms with Crippen LogP contribution in [0.25, 0.3) is 0 Å². The van der Waals surface area contributed by atoms with Gasteiger partial charge in [0.1, 0.15) is 0 Å². The molecule has 2 N–H and O–H groups in total. The van der Waals surface area contributed by atoms with Gasteiger partial charge in [-0.25, -0.2) is 0 Å². The fourth-order valence-corrected chi connectivity index (χ4v) is 1.62. The van der Waals surface area contributed by atoms with Crippen molar-refractivity contribution in [3.63, 3.8) is 0 Å². The van der Waals surface area contributed by atoms with Crippen LogP contribution >= 0.6 is 0 Å². The summed E-state index contributed by atoms with van der Waals surface area (Å²) in [4.78, 5) is 0. The number of allylic oxidation sites excluding steroid dienone is 1. The third-order valence-electron chi connectivity index (χ3n) is 2.49. The molecule has 64 valence electrons. The van der Waals surface area contributed by atoms with Crippen molar-refractivity contribution >= 4 is 0 Å². The van der Waals surface area contributed by atoms with Crippen molar-refractivity contribution in [1.82, 2.24) is 0 Å². The third-order valence-corrected chi connectivity index (χ3v) is 2.49. The largest absolute Gasteiger partial charge is 0.327 e. The predicted octanol–water partition coefficient (Wildman–Crippen LogP) is 2.61. The minimum Gasteiger partial charge on any atom is -0.327 e. The molecule has 1 nitrogen and oxygen atoms in total. The van der Waals surface area contributed by atoms with E-state index >= 15 is 0 Å². The Balaban J connectivity index is 2.44. The molecule has 1 aliphatic carbocycles. The molecule has 0 bridgehead atoms. The van der Waals surface area contributed by atoms with Gasteiger partial charge in [0.15, 0.2) is 0 Å². The summed E-state index contributed by atoms with van der Waals surface area (Å²) in [5.74, 6) is 0. The van der Waals surface area contributed by atoms with Gasteiger partial charge in [0.2, 0.25) is 0 Å². The van der Waals surface area contributed by atoms with Crippen molar-refractivity contribution in [2.45, 2.75) is 51.5 Å². The van der Waals surface area contributed by atoms with Gasteiger partial charge in [0.05, 0.1) is 0 Å². The summed E-state index contributed by atoms with van der Waals surface area (Å²) in [6.07, 6.45) is 9.85. The number of nitrogens with two attached hydrogens (primary N) is 1. The summed E-state index contributed by atoms with van der Waals surface area (Å²) in [5.41, 5.74) is 7.49. The average Bonchev–Trinajstić information content (AvgIpc) is 1.98. The highest BCUT2D eigenvalue weighted by Crippen LogP contribution is 2.18. The van der Waals surface area contributed by atoms with Crippen molar-refractivity contribution in [3.8, 4) is 0 Å². The SMILES string of the molecule is CC/C1=C\C[C@H](N)CCCC1. The maximum absolute atomic E-state index is 5.88. The molecule has 0 aliphatic heterocycles. The molecule has 0 saturated heterocycles. The summed E-state index contributed by atoms with van der Waals surface area (Å²) in [6, 6.07) is 0.428. The van der Waals surface area contributed by atoms with E-state index in [1.54, 1.807) is 5.57 Å². The molecule has 0 unspecified atom stereocenters. The molecule has 0 radical (unpaired) electrons. The Bertz CT molecular complexity index is 138. The van der Waals surface area contributed by atoms with E-state index in [0.29, 0.717) is 6.04 Å². The van der Waals surface area contributed by atoms with Crippen LogP contribution in [0.4, 0.5) is 0 Å². The Hall–Kier alpha value is -0.300. The molecule has 1 heteroatoms. The molecule has 0 amide bonds. The molecule has 0 aromatic rings. The maximum Gasteiger partial charge on any atom is 0.00735 e. The highest BCUT2D eigenvalue weighted by Gasteiger charge is 2.05. The lowest BCUT2D eigenvalue weighted by molar-refractivity contribution is 0.548. The zero-order valence-electron chi connectivity index (χ0n) is 7.47. The maximum atomic E-state index is 5.88. The zero-order chi connectivity index (χ0) is 8.10. The summed E-state index contributed by atoms with van der Waals surface area (Å²) in [5, 5.41) is 0. The van der Waals surface area contributed by atoms with E-state index in [-0.39, 0.29) is 0 Å². The molecular weight excluding hydrogens is 134 g/mol. The minimum atomic E-state index is 0.428. The van der Waals surface area contributed by atoms with Crippen LogP contribution in [0.5, 0.6) is 0 Å². The van der Waals surface area contributed by atoms with Crippen molar-refractivity contribution in [2.24, 2.45) is 5.73 Å². The van der Waals surface area contributed by atoms with Crippen LogP contribution in [0.15, 0.2) is 11.6 Å². The van der Waals surface area contributed by atoms with Gasteiger partial charge >= 0.3 is 0 Å². The number of hydrogen-bond acceptors (Lipinski definition) is 1. The van der Waals surface area contributed by atoms with Crippen LogP contribution in [0.3, 0.4) is 0 Å². The summed E-state index contributed by atoms with van der Waals surface area (Å²) < 4.78 is 0. The van der Waals surface area contributed by atoms with Crippen molar-refractivity contribution in [1.29, 1.82) is 0 Å². The van der Waals surface area contributed by atoms with Crippen LogP contribution in [0.1, 0.15) is 45.4 Å². The van der Waals surface area contributed by atoms with E-state index in [1.807, 2.05) is 0 Å². The first-order chi connectivity index (χ1) is 5.33. The Morgan fingerprint density at radius 1 is 1.55 bits per heavy atom. The Morgan fingerprint density at radius 2 is 2.36 bits per heavy atom. The lowest BCUT2D eigenvalue weighted by Gasteiger charge is -2.14. The monoisotopic (exact) mass is 153 g/mol. The van der Waals surface area contributed by atoms with Crippen molar-refractivity contribution < 1.29 is 0 Å². The average molecular weight is 153 g/mol. The highest BCUT2D eigenvalue weighted by atomic mass is 14.6. The quantitative estimate of drug-likeness (QED) is 0.576. The van der Waals surface area contributed by atoms with Gasteiger partial charge in [0.25, 0.3) is 0 Å². The fraction of sp³-hybridized carbons (Fsp3) is 0.800. The van der Waals surface area contributed by atoms with Crippen LogP contribution in [0, 0.1) is 0 Å². The second-order valence-electron chi connectivity index (χ2n) is 3.46. The molecule has 0 aromatic carbocycles. The van der Waals surface area contributed by atoms with Gasteiger partial charge in [0, 0.05) is 6.04 Å². The van der Waals surface area contributed by atoms with Gasteiger partial charge in [-0.05, 0) is 32.1 Å². The predicted molar refractivity (Wildman–Crippen MR) is 49.4 cm³/mol. The molecular formula is C10H19N. The number of rotatable bonds is 1. The number of hydrogen-bond donors (Lipinski definition) is 1. The standard InChI is InChI=1S/C10H19N/c1-2-9-5-3-4-6-10(11)8-7-9/h7,10H,2-6,8,11H2,1H3/b9-7+/t10-/m1/s1. The Labute approximate surface area is 69.7 Å². The van der Waals surface area contributed by atoms with Gasteiger partial charge in [-0.15, -0.1) is 0 Å². The Kier molecular flexibility index (Phi) is 3.64. The summed E-state index contributed by atoms with van der Waals surface area (Å²) >= 11 is 0. The van der Waals surface area contributed by atoms with Gasteiger partial charge in [-0.3, -0.25) is 0 Å². The zero-order valence-corrected chi connectivity index (χ0v) is 7.47. The smallest absolute Gasteiger partial charge is 0.00735 e. The third kappa shape index (κ3) is 3.06. The first-order valence-electron chi connectivity index (χ1n) is 4.76. The van der Waals surface area contributed by atoms with E-state index in [9.17, 15) is 0 Å². The Morgan fingerprint density at radius 3 is 3.09 bits per heavy atom.